The van der Waals surface area contributed by atoms with Crippen molar-refractivity contribution in [2.24, 2.45) is 0 Å². The van der Waals surface area contributed by atoms with Crippen LogP contribution in [0.25, 0.3) is 0 Å². The SMILES string of the molecule is CCCC[CH2][Sn][O]C(C)(C)C. The minimum atomic E-state index is -0.467. The average Bonchev–Trinajstić information content (AvgIpc) is 1.85. The monoisotopic (exact) mass is 264 g/mol. The van der Waals surface area contributed by atoms with E-state index in [4.69, 9.17) is 3.07 Å². The normalized spacial score (nSPS) is 12.0. The fourth-order valence-electron chi connectivity index (χ4n) is 0.715. The van der Waals surface area contributed by atoms with Gasteiger partial charge in [0.25, 0.3) is 0 Å². The van der Waals surface area contributed by atoms with Gasteiger partial charge in [0.2, 0.25) is 0 Å². The number of hydrogen-bond acceptors (Lipinski definition) is 1. The standard InChI is InChI=1S/C5H11.C4H9O.Sn/c1-3-5-4-2;1-4(2,3)5;/h1,3-5H2,2H3;1-3H3;/q;-1;+1. The van der Waals surface area contributed by atoms with Crippen molar-refractivity contribution in [2.45, 2.75) is 57.0 Å². The van der Waals surface area contributed by atoms with E-state index < -0.39 is 21.6 Å². The van der Waals surface area contributed by atoms with E-state index in [9.17, 15) is 0 Å². The van der Waals surface area contributed by atoms with Crippen LogP contribution in [-0.4, -0.2) is 27.2 Å². The molecular weight excluding hydrogens is 243 g/mol. The molecule has 0 aliphatic heterocycles. The molecule has 0 unspecified atom stereocenters. The molecule has 0 aromatic carbocycles. The van der Waals surface area contributed by atoms with E-state index in [1.54, 1.807) is 0 Å². The average molecular weight is 263 g/mol. The van der Waals surface area contributed by atoms with Crippen LogP contribution in [0.1, 0.15) is 47.0 Å². The van der Waals surface area contributed by atoms with Gasteiger partial charge < -0.3 is 0 Å². The molecule has 66 valence electrons. The second-order valence-electron chi connectivity index (χ2n) is 3.82. The van der Waals surface area contributed by atoms with Crippen molar-refractivity contribution in [1.82, 2.24) is 0 Å². The quantitative estimate of drug-likeness (QED) is 0.547. The Morgan fingerprint density at radius 3 is 2.27 bits per heavy atom. The van der Waals surface area contributed by atoms with E-state index in [1.807, 2.05) is 0 Å². The molecule has 2 heteroatoms. The topological polar surface area (TPSA) is 9.23 Å². The van der Waals surface area contributed by atoms with E-state index in [0.29, 0.717) is 0 Å². The predicted octanol–water partition coefficient (Wildman–Crippen LogP) is 3.03. The predicted molar refractivity (Wildman–Crippen MR) is 50.9 cm³/mol. The molecule has 0 saturated carbocycles. The molecule has 0 saturated heterocycles. The van der Waals surface area contributed by atoms with Crippen LogP contribution < -0.4 is 0 Å². The first-order valence-electron chi connectivity index (χ1n) is 4.47. The molecule has 0 aliphatic rings. The summed E-state index contributed by atoms with van der Waals surface area (Å²) in [5.41, 5.74) is 0.123. The van der Waals surface area contributed by atoms with Gasteiger partial charge in [0.05, 0.1) is 0 Å². The molecule has 0 N–H and O–H groups in total. The molecule has 0 aliphatic carbocycles. The molecule has 11 heavy (non-hydrogen) atoms. The van der Waals surface area contributed by atoms with Crippen molar-refractivity contribution < 1.29 is 3.07 Å². The van der Waals surface area contributed by atoms with Crippen molar-refractivity contribution in [3.63, 3.8) is 0 Å². The van der Waals surface area contributed by atoms with Crippen molar-refractivity contribution >= 4 is 21.6 Å². The zero-order chi connectivity index (χ0) is 8.74. The van der Waals surface area contributed by atoms with Gasteiger partial charge in [-0.2, -0.15) is 0 Å². The summed E-state index contributed by atoms with van der Waals surface area (Å²) in [6, 6.07) is 0. The molecule has 0 aromatic heterocycles. The third-order valence-corrected chi connectivity index (χ3v) is 5.01. The Kier molecular flexibility index (Phi) is 6.73. The summed E-state index contributed by atoms with van der Waals surface area (Å²) in [6.45, 7) is 8.69. The molecule has 0 rings (SSSR count). The van der Waals surface area contributed by atoms with Crippen LogP contribution in [0, 0.1) is 0 Å². The number of rotatable bonds is 5. The van der Waals surface area contributed by atoms with Crippen molar-refractivity contribution in [2.75, 3.05) is 0 Å². The fourth-order valence-corrected chi connectivity index (χ4v) is 3.37. The van der Waals surface area contributed by atoms with Crippen LogP contribution in [0.15, 0.2) is 0 Å². The zero-order valence-corrected chi connectivity index (χ0v) is 11.1. The van der Waals surface area contributed by atoms with Gasteiger partial charge in [0.15, 0.2) is 0 Å². The number of unbranched alkanes of at least 4 members (excludes halogenated alkanes) is 2. The Labute approximate surface area is 81.7 Å². The van der Waals surface area contributed by atoms with Gasteiger partial charge in [-0.1, -0.05) is 0 Å². The summed E-state index contributed by atoms with van der Waals surface area (Å²) in [6.07, 6.45) is 4.10. The summed E-state index contributed by atoms with van der Waals surface area (Å²) in [5.74, 6) is 0. The summed E-state index contributed by atoms with van der Waals surface area (Å²) in [7, 11) is 0. The Balaban J connectivity index is 3.02. The summed E-state index contributed by atoms with van der Waals surface area (Å²) in [5, 5.41) is 0. The van der Waals surface area contributed by atoms with Crippen molar-refractivity contribution in [3.8, 4) is 0 Å². The molecule has 0 atom stereocenters. The maximum atomic E-state index is 5.75. The van der Waals surface area contributed by atoms with Gasteiger partial charge >= 0.3 is 81.6 Å². The Bertz CT molecular complexity index is 86.1. The first kappa shape index (κ1) is 11.8. The van der Waals surface area contributed by atoms with E-state index in [0.717, 1.165) is 0 Å². The van der Waals surface area contributed by atoms with E-state index in [-0.39, 0.29) is 5.60 Å². The van der Waals surface area contributed by atoms with Crippen LogP contribution >= 0.6 is 0 Å². The van der Waals surface area contributed by atoms with Gasteiger partial charge in [0, 0.05) is 0 Å². The third-order valence-electron chi connectivity index (χ3n) is 1.26. The Morgan fingerprint density at radius 2 is 1.82 bits per heavy atom. The van der Waals surface area contributed by atoms with Crippen molar-refractivity contribution in [1.29, 1.82) is 0 Å². The molecule has 2 radical (unpaired) electrons. The van der Waals surface area contributed by atoms with Gasteiger partial charge in [-0.15, -0.1) is 0 Å². The fraction of sp³-hybridized carbons (Fsp3) is 1.00. The van der Waals surface area contributed by atoms with E-state index in [2.05, 4.69) is 27.7 Å². The molecule has 1 nitrogen and oxygen atoms in total. The molecule has 0 fully saturated rings. The zero-order valence-electron chi connectivity index (χ0n) is 8.24. The summed E-state index contributed by atoms with van der Waals surface area (Å²) in [4.78, 5) is 0. The minimum absolute atomic E-state index is 0.123. The van der Waals surface area contributed by atoms with Crippen molar-refractivity contribution in [3.05, 3.63) is 0 Å². The van der Waals surface area contributed by atoms with Gasteiger partial charge in [-0.05, 0) is 0 Å². The van der Waals surface area contributed by atoms with E-state index >= 15 is 0 Å². The van der Waals surface area contributed by atoms with E-state index in [1.165, 1.54) is 23.7 Å². The molecule has 0 heterocycles. The maximum absolute atomic E-state index is 5.75. The van der Waals surface area contributed by atoms with Gasteiger partial charge in [-0.25, -0.2) is 0 Å². The number of hydrogen-bond donors (Lipinski definition) is 0. The van der Waals surface area contributed by atoms with Crippen LogP contribution in [0.4, 0.5) is 0 Å². The Morgan fingerprint density at radius 1 is 1.18 bits per heavy atom. The second kappa shape index (κ2) is 6.29. The second-order valence-corrected chi connectivity index (χ2v) is 6.65. The Hall–Kier alpha value is 0.759. The summed E-state index contributed by atoms with van der Waals surface area (Å²) < 4.78 is 7.13. The molecule has 0 bridgehead atoms. The van der Waals surface area contributed by atoms with Crippen LogP contribution in [-0.2, 0) is 3.07 Å². The molecule has 0 aromatic rings. The van der Waals surface area contributed by atoms with Crippen LogP contribution in [0.5, 0.6) is 0 Å². The molecule has 0 amide bonds. The van der Waals surface area contributed by atoms with Crippen LogP contribution in [0.2, 0.25) is 4.44 Å². The molecular formula is C9H20OSn. The first-order chi connectivity index (χ1) is 5.06. The summed E-state index contributed by atoms with van der Waals surface area (Å²) >= 11 is -0.467. The molecule has 0 spiro atoms. The first-order valence-corrected chi connectivity index (χ1v) is 7.65. The van der Waals surface area contributed by atoms with Crippen LogP contribution in [0.3, 0.4) is 0 Å². The third kappa shape index (κ3) is 10.8. The van der Waals surface area contributed by atoms with Gasteiger partial charge in [0.1, 0.15) is 0 Å². The van der Waals surface area contributed by atoms with Gasteiger partial charge in [-0.3, -0.25) is 0 Å².